The summed E-state index contributed by atoms with van der Waals surface area (Å²) in [5.41, 5.74) is 1.43. The number of barbiturate groups is 1. The summed E-state index contributed by atoms with van der Waals surface area (Å²) < 4.78 is 0.805. The molecule has 1 heterocycles. The summed E-state index contributed by atoms with van der Waals surface area (Å²) in [6, 6.07) is 8.38. The molecule has 0 spiro atoms. The Bertz CT molecular complexity index is 1080. The molecule has 1 aliphatic rings. The molecule has 1 N–H and O–H groups in total. The highest BCUT2D eigenvalue weighted by Crippen LogP contribution is 2.27. The summed E-state index contributed by atoms with van der Waals surface area (Å²) in [4.78, 5) is 48.8. The van der Waals surface area contributed by atoms with Crippen LogP contribution >= 0.6 is 15.9 Å². The fourth-order valence-corrected chi connectivity index (χ4v) is 2.99. The fourth-order valence-electron chi connectivity index (χ4n) is 2.74. The van der Waals surface area contributed by atoms with Gasteiger partial charge < -0.3 is 0 Å². The summed E-state index contributed by atoms with van der Waals surface area (Å²) in [5.74, 6) is -1.66. The first-order valence-electron chi connectivity index (χ1n) is 8.11. The number of benzene rings is 2. The lowest BCUT2D eigenvalue weighted by atomic mass is 10.0. The van der Waals surface area contributed by atoms with Crippen molar-refractivity contribution < 1.29 is 19.3 Å². The minimum absolute atomic E-state index is 0.130. The van der Waals surface area contributed by atoms with Crippen LogP contribution in [0.15, 0.2) is 46.4 Å². The number of nitrogens with one attached hydrogen (secondary N) is 1. The largest absolute Gasteiger partial charge is 0.335 e. The van der Waals surface area contributed by atoms with Gasteiger partial charge in [-0.15, -0.1) is 0 Å². The number of hydrogen-bond acceptors (Lipinski definition) is 5. The molecule has 0 bridgehead atoms. The second-order valence-corrected chi connectivity index (χ2v) is 7.05. The second-order valence-electron chi connectivity index (χ2n) is 6.19. The zero-order chi connectivity index (χ0) is 20.6. The average Bonchev–Trinajstić information content (AvgIpc) is 2.62. The molecule has 2 aromatic carbocycles. The van der Waals surface area contributed by atoms with Crippen molar-refractivity contribution in [1.29, 1.82) is 0 Å². The van der Waals surface area contributed by atoms with E-state index in [0.717, 1.165) is 14.9 Å². The van der Waals surface area contributed by atoms with E-state index in [1.54, 1.807) is 38.1 Å². The zero-order valence-corrected chi connectivity index (χ0v) is 16.4. The molecule has 0 aliphatic carbocycles. The molecule has 0 radical (unpaired) electrons. The van der Waals surface area contributed by atoms with E-state index in [4.69, 9.17) is 0 Å². The number of carbonyl (C=O) groups is 3. The van der Waals surface area contributed by atoms with E-state index < -0.39 is 22.8 Å². The number of nitrogens with zero attached hydrogens (tertiary/aromatic N) is 2. The number of rotatable bonds is 3. The van der Waals surface area contributed by atoms with Gasteiger partial charge in [0, 0.05) is 16.1 Å². The van der Waals surface area contributed by atoms with Gasteiger partial charge in [0.25, 0.3) is 17.5 Å². The van der Waals surface area contributed by atoms with Crippen LogP contribution < -0.4 is 10.2 Å². The molecule has 9 heteroatoms. The summed E-state index contributed by atoms with van der Waals surface area (Å²) in [6.07, 6.45) is 1.23. The van der Waals surface area contributed by atoms with Crippen molar-refractivity contribution in [3.8, 4) is 0 Å². The van der Waals surface area contributed by atoms with Crippen molar-refractivity contribution in [2.24, 2.45) is 0 Å². The Hall–Kier alpha value is -3.33. The molecule has 8 nitrogen and oxygen atoms in total. The van der Waals surface area contributed by atoms with Crippen LogP contribution in [0.2, 0.25) is 0 Å². The van der Waals surface area contributed by atoms with Crippen molar-refractivity contribution in [3.63, 3.8) is 0 Å². The number of imide groups is 2. The summed E-state index contributed by atoms with van der Waals surface area (Å²) >= 11 is 3.35. The third-order valence-electron chi connectivity index (χ3n) is 4.24. The molecular formula is C19H14BrN3O5. The molecule has 0 aromatic heterocycles. The molecule has 1 aliphatic heterocycles. The van der Waals surface area contributed by atoms with Crippen LogP contribution in [0.4, 0.5) is 16.2 Å². The number of halogens is 1. The van der Waals surface area contributed by atoms with E-state index in [-0.39, 0.29) is 11.3 Å². The molecule has 0 atom stereocenters. The first kappa shape index (κ1) is 19.4. The molecule has 142 valence electrons. The maximum absolute atomic E-state index is 12.9. The normalized spacial score (nSPS) is 15.8. The Kier molecular flexibility index (Phi) is 5.10. The highest BCUT2D eigenvalue weighted by Gasteiger charge is 2.37. The van der Waals surface area contributed by atoms with E-state index >= 15 is 0 Å². The molecule has 3 rings (SSSR count). The van der Waals surface area contributed by atoms with Crippen LogP contribution in [-0.4, -0.2) is 22.8 Å². The van der Waals surface area contributed by atoms with Gasteiger partial charge in [0.2, 0.25) is 0 Å². The highest BCUT2D eigenvalue weighted by atomic mass is 79.9. The van der Waals surface area contributed by atoms with Gasteiger partial charge >= 0.3 is 6.03 Å². The van der Waals surface area contributed by atoms with E-state index in [2.05, 4.69) is 21.2 Å². The molecule has 2 aromatic rings. The number of aryl methyl sites for hydroxylation is 2. The molecule has 0 unspecified atom stereocenters. The molecule has 1 saturated heterocycles. The molecule has 0 saturated carbocycles. The van der Waals surface area contributed by atoms with Gasteiger partial charge in [-0.25, -0.2) is 9.69 Å². The Morgan fingerprint density at radius 3 is 2.43 bits per heavy atom. The molecule has 28 heavy (non-hydrogen) atoms. The van der Waals surface area contributed by atoms with Crippen LogP contribution in [0.1, 0.15) is 16.7 Å². The Labute approximate surface area is 168 Å². The van der Waals surface area contributed by atoms with E-state index in [0.29, 0.717) is 16.8 Å². The van der Waals surface area contributed by atoms with Crippen LogP contribution in [0.25, 0.3) is 6.08 Å². The fraction of sp³-hybridized carbons (Fsp3) is 0.105. The van der Waals surface area contributed by atoms with Gasteiger partial charge in [-0.3, -0.25) is 25.0 Å². The Morgan fingerprint density at radius 2 is 1.79 bits per heavy atom. The maximum atomic E-state index is 12.9. The second kappa shape index (κ2) is 7.35. The van der Waals surface area contributed by atoms with Crippen molar-refractivity contribution in [1.82, 2.24) is 5.32 Å². The number of anilines is 1. The lowest BCUT2D eigenvalue weighted by molar-refractivity contribution is -0.385. The van der Waals surface area contributed by atoms with Crippen LogP contribution in [0.3, 0.4) is 0 Å². The summed E-state index contributed by atoms with van der Waals surface area (Å²) in [5, 5.41) is 13.2. The van der Waals surface area contributed by atoms with Gasteiger partial charge in [-0.2, -0.15) is 0 Å². The summed E-state index contributed by atoms with van der Waals surface area (Å²) in [6.45, 7) is 3.39. The monoisotopic (exact) mass is 443 g/mol. The van der Waals surface area contributed by atoms with Crippen molar-refractivity contribution >= 4 is 51.2 Å². The van der Waals surface area contributed by atoms with Crippen LogP contribution in [-0.2, 0) is 9.59 Å². The predicted molar refractivity (Wildman–Crippen MR) is 106 cm³/mol. The zero-order valence-electron chi connectivity index (χ0n) is 14.9. The van der Waals surface area contributed by atoms with Gasteiger partial charge in [-0.05, 0) is 49.2 Å². The average molecular weight is 444 g/mol. The first-order valence-corrected chi connectivity index (χ1v) is 8.91. The smallest absolute Gasteiger partial charge is 0.273 e. The topological polar surface area (TPSA) is 110 Å². The van der Waals surface area contributed by atoms with Crippen molar-refractivity contribution in [2.45, 2.75) is 13.8 Å². The van der Waals surface area contributed by atoms with Crippen LogP contribution in [0, 0.1) is 24.0 Å². The van der Waals surface area contributed by atoms with Gasteiger partial charge in [0.15, 0.2) is 0 Å². The van der Waals surface area contributed by atoms with Gasteiger partial charge in [0.1, 0.15) is 5.57 Å². The number of carbonyl (C=O) groups excluding carboxylic acids is 3. The highest BCUT2D eigenvalue weighted by molar-refractivity contribution is 9.10. The lowest BCUT2D eigenvalue weighted by Gasteiger charge is -2.26. The quantitative estimate of drug-likeness (QED) is 0.337. The maximum Gasteiger partial charge on any atom is 0.335 e. The minimum atomic E-state index is -0.858. The Balaban J connectivity index is 2.05. The molecule has 1 fully saturated rings. The lowest BCUT2D eigenvalue weighted by Crippen LogP contribution is -2.54. The minimum Gasteiger partial charge on any atom is -0.273 e. The predicted octanol–water partition coefficient (Wildman–Crippen LogP) is 3.64. The Morgan fingerprint density at radius 1 is 1.07 bits per heavy atom. The number of urea groups is 1. The number of hydrogen-bond donors (Lipinski definition) is 1. The van der Waals surface area contributed by atoms with E-state index in [1.165, 1.54) is 18.2 Å². The van der Waals surface area contributed by atoms with Crippen LogP contribution in [0.5, 0.6) is 0 Å². The van der Waals surface area contributed by atoms with Gasteiger partial charge in [0.05, 0.1) is 10.6 Å². The first-order chi connectivity index (χ1) is 13.2. The van der Waals surface area contributed by atoms with Crippen molar-refractivity contribution in [2.75, 3.05) is 4.90 Å². The molecular weight excluding hydrogens is 430 g/mol. The molecule has 4 amide bonds. The standard InChI is InChI=1S/C19H14BrN3O5/c1-10-3-4-12(9-16(10)23(27)28)8-14-17(24)21-19(26)22(18(14)25)13-5-6-15(20)11(2)7-13/h3-9H,1-2H3,(H,21,24,26). The van der Waals surface area contributed by atoms with E-state index in [1.807, 2.05) is 0 Å². The SMILES string of the molecule is Cc1cc(N2C(=O)NC(=O)C(=Cc3ccc(C)c([N+](=O)[O-])c3)C2=O)ccc1Br. The number of amides is 4. The number of nitro benzene ring substituents is 1. The third kappa shape index (κ3) is 3.56. The number of nitro groups is 1. The summed E-state index contributed by atoms with van der Waals surface area (Å²) in [7, 11) is 0. The van der Waals surface area contributed by atoms with Crippen molar-refractivity contribution in [3.05, 3.63) is 73.2 Å². The van der Waals surface area contributed by atoms with E-state index in [9.17, 15) is 24.5 Å². The van der Waals surface area contributed by atoms with Gasteiger partial charge in [-0.1, -0.05) is 28.1 Å². The third-order valence-corrected chi connectivity index (χ3v) is 5.13.